The number of methoxy groups -OCH3 is 1. The average Bonchev–Trinajstić information content (AvgIpc) is 2.12. The van der Waals surface area contributed by atoms with Crippen LogP contribution in [0.2, 0.25) is 0 Å². The highest BCUT2D eigenvalue weighted by Gasteiger charge is 2.27. The lowest BCUT2D eigenvalue weighted by molar-refractivity contribution is -0.0178. The van der Waals surface area contributed by atoms with Gasteiger partial charge in [-0.25, -0.2) is 8.78 Å². The number of rotatable bonds is 8. The molecule has 0 atom stereocenters. The summed E-state index contributed by atoms with van der Waals surface area (Å²) in [5.74, 6) is -2.77. The van der Waals surface area contributed by atoms with E-state index < -0.39 is 12.5 Å². The highest BCUT2D eigenvalue weighted by molar-refractivity contribution is 4.71. The number of halogens is 2. The first kappa shape index (κ1) is 13.7. The van der Waals surface area contributed by atoms with Crippen molar-refractivity contribution < 1.29 is 13.5 Å². The molecule has 3 nitrogen and oxygen atoms in total. The molecule has 0 bridgehead atoms. The molecule has 0 fully saturated rings. The topological polar surface area (TPSA) is 38.5 Å². The van der Waals surface area contributed by atoms with Gasteiger partial charge in [-0.2, -0.15) is 0 Å². The fourth-order valence-electron chi connectivity index (χ4n) is 1.17. The summed E-state index contributed by atoms with van der Waals surface area (Å²) in [5, 5.41) is 0. The summed E-state index contributed by atoms with van der Waals surface area (Å²) in [7, 11) is 3.31. The van der Waals surface area contributed by atoms with Gasteiger partial charge in [0.15, 0.2) is 0 Å². The maximum absolute atomic E-state index is 12.8. The minimum Gasteiger partial charge on any atom is -0.385 e. The van der Waals surface area contributed by atoms with Crippen LogP contribution in [0.25, 0.3) is 0 Å². The minimum absolute atomic E-state index is 0.267. The van der Waals surface area contributed by atoms with Crippen LogP contribution in [0.4, 0.5) is 8.78 Å². The molecule has 0 aliphatic rings. The highest BCUT2D eigenvalue weighted by Crippen LogP contribution is 2.12. The van der Waals surface area contributed by atoms with Crippen molar-refractivity contribution in [2.45, 2.75) is 18.8 Å². The summed E-state index contributed by atoms with van der Waals surface area (Å²) >= 11 is 0. The van der Waals surface area contributed by atoms with Gasteiger partial charge in [-0.3, -0.25) is 0 Å². The zero-order chi connectivity index (χ0) is 11.0. The summed E-state index contributed by atoms with van der Waals surface area (Å²) in [6, 6.07) is 0. The molecule has 0 spiro atoms. The third-order valence-corrected chi connectivity index (χ3v) is 1.94. The quantitative estimate of drug-likeness (QED) is 0.606. The lowest BCUT2D eigenvalue weighted by Crippen LogP contribution is -2.40. The monoisotopic (exact) mass is 210 g/mol. The van der Waals surface area contributed by atoms with Crippen LogP contribution in [-0.4, -0.2) is 51.2 Å². The second-order valence-electron chi connectivity index (χ2n) is 3.50. The van der Waals surface area contributed by atoms with Gasteiger partial charge < -0.3 is 15.4 Å². The maximum Gasteiger partial charge on any atom is 0.272 e. The van der Waals surface area contributed by atoms with Crippen LogP contribution in [0.1, 0.15) is 12.8 Å². The molecule has 0 aliphatic heterocycles. The van der Waals surface area contributed by atoms with E-state index in [1.54, 1.807) is 19.1 Å². The SMILES string of the molecule is COCCCCN(C)CC(F)(F)CN. The standard InChI is InChI=1S/C9H20F2N2O/c1-13(5-3-4-6-14-2)8-9(10,11)7-12/h3-8,12H2,1-2H3. The largest absolute Gasteiger partial charge is 0.385 e. The Morgan fingerprint density at radius 3 is 2.50 bits per heavy atom. The van der Waals surface area contributed by atoms with E-state index >= 15 is 0 Å². The molecule has 86 valence electrons. The molecule has 0 heterocycles. The Balaban J connectivity index is 3.49. The Bertz CT molecular complexity index is 145. The zero-order valence-corrected chi connectivity index (χ0v) is 8.93. The molecule has 2 N–H and O–H groups in total. The molecule has 14 heavy (non-hydrogen) atoms. The Hall–Kier alpha value is -0.260. The molecule has 0 saturated heterocycles. The first-order chi connectivity index (χ1) is 6.52. The number of ether oxygens (including phenoxy) is 1. The highest BCUT2D eigenvalue weighted by atomic mass is 19.3. The van der Waals surface area contributed by atoms with Crippen LogP contribution in [0.5, 0.6) is 0 Å². The van der Waals surface area contributed by atoms with E-state index in [9.17, 15) is 8.78 Å². The van der Waals surface area contributed by atoms with Gasteiger partial charge in [0.25, 0.3) is 5.92 Å². The Kier molecular flexibility index (Phi) is 6.96. The molecule has 0 saturated carbocycles. The van der Waals surface area contributed by atoms with E-state index in [1.165, 1.54) is 0 Å². The van der Waals surface area contributed by atoms with Crippen molar-refractivity contribution in [3.63, 3.8) is 0 Å². The van der Waals surface area contributed by atoms with Crippen molar-refractivity contribution in [2.24, 2.45) is 5.73 Å². The zero-order valence-electron chi connectivity index (χ0n) is 8.93. The predicted molar refractivity (Wildman–Crippen MR) is 52.6 cm³/mol. The summed E-state index contributed by atoms with van der Waals surface area (Å²) in [4.78, 5) is 1.60. The smallest absolute Gasteiger partial charge is 0.272 e. The van der Waals surface area contributed by atoms with E-state index in [0.717, 1.165) is 12.8 Å². The van der Waals surface area contributed by atoms with Crippen molar-refractivity contribution >= 4 is 0 Å². The van der Waals surface area contributed by atoms with Crippen LogP contribution in [0.15, 0.2) is 0 Å². The molecule has 0 aromatic heterocycles. The fourth-order valence-corrected chi connectivity index (χ4v) is 1.17. The van der Waals surface area contributed by atoms with Gasteiger partial charge in [0.05, 0.1) is 13.1 Å². The van der Waals surface area contributed by atoms with E-state index in [0.29, 0.717) is 13.2 Å². The summed E-state index contributed by atoms with van der Waals surface area (Å²) in [6.45, 7) is 0.478. The molecule has 0 aromatic carbocycles. The van der Waals surface area contributed by atoms with Crippen LogP contribution >= 0.6 is 0 Å². The van der Waals surface area contributed by atoms with Crippen molar-refractivity contribution in [2.75, 3.05) is 40.4 Å². The molecule has 0 rings (SSSR count). The summed E-state index contributed by atoms with van der Waals surface area (Å²) in [6.07, 6.45) is 1.76. The molecule has 0 aromatic rings. The molecule has 5 heteroatoms. The Labute approximate surface area is 84.2 Å². The number of hydrogen-bond acceptors (Lipinski definition) is 3. The van der Waals surface area contributed by atoms with Gasteiger partial charge in [-0.15, -0.1) is 0 Å². The average molecular weight is 210 g/mol. The fraction of sp³-hybridized carbons (Fsp3) is 1.00. The summed E-state index contributed by atoms with van der Waals surface area (Å²) in [5.41, 5.74) is 4.93. The van der Waals surface area contributed by atoms with Gasteiger partial charge in [0, 0.05) is 13.7 Å². The van der Waals surface area contributed by atoms with Gasteiger partial charge in [-0.05, 0) is 26.4 Å². The van der Waals surface area contributed by atoms with Crippen LogP contribution < -0.4 is 5.73 Å². The molecular formula is C9H20F2N2O. The third kappa shape index (κ3) is 7.17. The van der Waals surface area contributed by atoms with Gasteiger partial charge in [0.2, 0.25) is 0 Å². The molecular weight excluding hydrogens is 190 g/mol. The van der Waals surface area contributed by atoms with E-state index in [2.05, 4.69) is 0 Å². The molecule has 0 aliphatic carbocycles. The van der Waals surface area contributed by atoms with Crippen LogP contribution in [0.3, 0.4) is 0 Å². The number of nitrogens with zero attached hydrogens (tertiary/aromatic N) is 1. The first-order valence-electron chi connectivity index (χ1n) is 4.77. The number of alkyl halides is 2. The molecule has 0 radical (unpaired) electrons. The lowest BCUT2D eigenvalue weighted by atomic mass is 10.2. The van der Waals surface area contributed by atoms with Gasteiger partial charge in [-0.1, -0.05) is 0 Å². The predicted octanol–water partition coefficient (Wildman–Crippen LogP) is 0.939. The minimum atomic E-state index is -2.77. The van der Waals surface area contributed by atoms with Gasteiger partial charge >= 0.3 is 0 Å². The number of unbranched alkanes of at least 4 members (excludes halogenated alkanes) is 1. The van der Waals surface area contributed by atoms with E-state index in [-0.39, 0.29) is 6.54 Å². The van der Waals surface area contributed by atoms with Crippen molar-refractivity contribution in [1.29, 1.82) is 0 Å². The second-order valence-corrected chi connectivity index (χ2v) is 3.50. The van der Waals surface area contributed by atoms with Crippen LogP contribution in [-0.2, 0) is 4.74 Å². The Morgan fingerprint density at radius 1 is 1.36 bits per heavy atom. The van der Waals surface area contributed by atoms with E-state index in [4.69, 9.17) is 10.5 Å². The first-order valence-corrected chi connectivity index (χ1v) is 4.77. The normalized spacial score (nSPS) is 12.4. The second kappa shape index (κ2) is 7.09. The Morgan fingerprint density at radius 2 is 2.00 bits per heavy atom. The molecule has 0 unspecified atom stereocenters. The van der Waals surface area contributed by atoms with Crippen LogP contribution in [0, 0.1) is 0 Å². The molecule has 0 amide bonds. The lowest BCUT2D eigenvalue weighted by Gasteiger charge is -2.22. The van der Waals surface area contributed by atoms with Crippen molar-refractivity contribution in [1.82, 2.24) is 4.90 Å². The van der Waals surface area contributed by atoms with Crippen molar-refractivity contribution in [3.05, 3.63) is 0 Å². The number of hydrogen-bond donors (Lipinski definition) is 1. The maximum atomic E-state index is 12.8. The van der Waals surface area contributed by atoms with E-state index in [1.807, 2.05) is 0 Å². The summed E-state index contributed by atoms with van der Waals surface area (Å²) < 4.78 is 30.4. The van der Waals surface area contributed by atoms with Crippen molar-refractivity contribution in [3.8, 4) is 0 Å². The van der Waals surface area contributed by atoms with Gasteiger partial charge in [0.1, 0.15) is 0 Å². The third-order valence-electron chi connectivity index (χ3n) is 1.94. The number of nitrogens with two attached hydrogens (primary N) is 1.